The van der Waals surface area contributed by atoms with Gasteiger partial charge in [-0.05, 0) is 36.4 Å². The number of likely N-dealkylation sites (tertiary alicyclic amines) is 1. The maximum Gasteiger partial charge on any atom is 0.231 e. The van der Waals surface area contributed by atoms with Gasteiger partial charge in [0.2, 0.25) is 17.6 Å². The molecule has 1 saturated heterocycles. The lowest BCUT2D eigenvalue weighted by atomic mass is 9.97. The molecule has 1 aliphatic rings. The third-order valence-corrected chi connectivity index (χ3v) is 5.66. The maximum absolute atomic E-state index is 12.6. The number of piperidine rings is 1. The van der Waals surface area contributed by atoms with Crippen LogP contribution >= 0.6 is 22.9 Å². The molecule has 0 radical (unpaired) electrons. The van der Waals surface area contributed by atoms with Crippen LogP contribution in [0, 0.1) is 0 Å². The number of hydrogen-bond acceptors (Lipinski definition) is 5. The Balaban J connectivity index is 1.45. The van der Waals surface area contributed by atoms with Crippen molar-refractivity contribution in [1.29, 1.82) is 0 Å². The fourth-order valence-corrected chi connectivity index (χ4v) is 4.11. The van der Waals surface area contributed by atoms with Gasteiger partial charge >= 0.3 is 0 Å². The molecule has 134 valence electrons. The number of benzene rings is 1. The molecule has 1 atom stereocenters. The standard InChI is InChI=1S/C19H18ClN3O2S/c20-15-6-1-4-13(10-15)18-21-19(25-22-18)14-5-2-8-23(12-14)17(24)11-16-7-3-9-26-16/h1,3-4,6-7,9-10,14H,2,5,8,11-12H2/t14-/m0/s1. The van der Waals surface area contributed by atoms with Gasteiger partial charge < -0.3 is 9.42 Å². The first-order valence-corrected chi connectivity index (χ1v) is 9.84. The summed E-state index contributed by atoms with van der Waals surface area (Å²) in [5.74, 6) is 1.36. The van der Waals surface area contributed by atoms with E-state index >= 15 is 0 Å². The van der Waals surface area contributed by atoms with Gasteiger partial charge in [0.05, 0.1) is 12.3 Å². The van der Waals surface area contributed by atoms with Gasteiger partial charge in [0.25, 0.3) is 0 Å². The number of halogens is 1. The fraction of sp³-hybridized carbons (Fsp3) is 0.316. The van der Waals surface area contributed by atoms with Crippen molar-refractivity contribution in [3.8, 4) is 11.4 Å². The van der Waals surface area contributed by atoms with Crippen LogP contribution in [-0.4, -0.2) is 34.0 Å². The first kappa shape index (κ1) is 17.2. The Morgan fingerprint density at radius 3 is 3.08 bits per heavy atom. The summed E-state index contributed by atoms with van der Waals surface area (Å²) in [6.45, 7) is 1.41. The van der Waals surface area contributed by atoms with Crippen LogP contribution in [0.3, 0.4) is 0 Å². The van der Waals surface area contributed by atoms with E-state index in [-0.39, 0.29) is 11.8 Å². The molecule has 1 fully saturated rings. The number of hydrogen-bond donors (Lipinski definition) is 0. The van der Waals surface area contributed by atoms with Crippen molar-refractivity contribution in [3.63, 3.8) is 0 Å². The van der Waals surface area contributed by atoms with Gasteiger partial charge in [0.15, 0.2) is 0 Å². The zero-order valence-corrected chi connectivity index (χ0v) is 15.7. The minimum atomic E-state index is 0.0801. The quantitative estimate of drug-likeness (QED) is 0.665. The van der Waals surface area contributed by atoms with Gasteiger partial charge in [-0.25, -0.2) is 0 Å². The highest BCUT2D eigenvalue weighted by atomic mass is 35.5. The molecule has 26 heavy (non-hydrogen) atoms. The average molecular weight is 388 g/mol. The number of carbonyl (C=O) groups excluding carboxylic acids is 1. The molecule has 0 bridgehead atoms. The number of thiophene rings is 1. The molecule has 0 spiro atoms. The van der Waals surface area contributed by atoms with Crippen molar-refractivity contribution in [2.24, 2.45) is 0 Å². The molecule has 1 amide bonds. The Morgan fingerprint density at radius 2 is 2.27 bits per heavy atom. The summed E-state index contributed by atoms with van der Waals surface area (Å²) in [5, 5.41) is 6.72. The van der Waals surface area contributed by atoms with Crippen molar-refractivity contribution in [1.82, 2.24) is 15.0 Å². The van der Waals surface area contributed by atoms with Crippen LogP contribution in [0.25, 0.3) is 11.4 Å². The van der Waals surface area contributed by atoms with Gasteiger partial charge in [0.1, 0.15) is 0 Å². The van der Waals surface area contributed by atoms with Crippen LogP contribution in [0.2, 0.25) is 5.02 Å². The van der Waals surface area contributed by atoms with Crippen molar-refractivity contribution in [2.45, 2.75) is 25.2 Å². The number of amides is 1. The van der Waals surface area contributed by atoms with Crippen LogP contribution in [0.1, 0.15) is 29.5 Å². The second-order valence-corrected chi connectivity index (χ2v) is 7.87. The first-order valence-electron chi connectivity index (χ1n) is 8.59. The largest absolute Gasteiger partial charge is 0.342 e. The second kappa shape index (κ2) is 7.60. The van der Waals surface area contributed by atoms with Gasteiger partial charge in [-0.2, -0.15) is 4.98 Å². The molecule has 3 heterocycles. The third-order valence-electron chi connectivity index (χ3n) is 4.55. The van der Waals surface area contributed by atoms with Crippen LogP contribution in [0.5, 0.6) is 0 Å². The smallest absolute Gasteiger partial charge is 0.231 e. The summed E-state index contributed by atoms with van der Waals surface area (Å²) < 4.78 is 5.49. The first-order chi connectivity index (χ1) is 12.7. The van der Waals surface area contributed by atoms with Crippen molar-refractivity contribution >= 4 is 28.8 Å². The number of carbonyl (C=O) groups is 1. The molecule has 0 unspecified atom stereocenters. The zero-order valence-electron chi connectivity index (χ0n) is 14.1. The maximum atomic E-state index is 12.6. The highest BCUT2D eigenvalue weighted by Gasteiger charge is 2.28. The molecule has 5 nitrogen and oxygen atoms in total. The van der Waals surface area contributed by atoms with Crippen molar-refractivity contribution < 1.29 is 9.32 Å². The lowest BCUT2D eigenvalue weighted by Gasteiger charge is -2.31. The molecule has 4 rings (SSSR count). The molecule has 0 saturated carbocycles. The van der Waals surface area contributed by atoms with E-state index in [9.17, 15) is 4.79 Å². The Bertz CT molecular complexity index is 894. The summed E-state index contributed by atoms with van der Waals surface area (Å²) in [5.41, 5.74) is 0.828. The second-order valence-electron chi connectivity index (χ2n) is 6.40. The lowest BCUT2D eigenvalue weighted by Crippen LogP contribution is -2.39. The van der Waals surface area contributed by atoms with Crippen molar-refractivity contribution in [2.75, 3.05) is 13.1 Å². The average Bonchev–Trinajstić information content (AvgIpc) is 3.34. The van der Waals surface area contributed by atoms with E-state index in [0.29, 0.717) is 29.7 Å². The minimum absolute atomic E-state index is 0.0801. The molecule has 1 aromatic carbocycles. The third kappa shape index (κ3) is 3.81. The van der Waals surface area contributed by atoms with Gasteiger partial charge in [-0.3, -0.25) is 4.79 Å². The summed E-state index contributed by atoms with van der Waals surface area (Å²) in [7, 11) is 0. The molecule has 2 aromatic heterocycles. The number of rotatable bonds is 4. The summed E-state index contributed by atoms with van der Waals surface area (Å²) in [6.07, 6.45) is 2.34. The SMILES string of the molecule is O=C(Cc1cccs1)N1CCC[C@H](c2nc(-c3cccc(Cl)c3)no2)C1. The van der Waals surface area contributed by atoms with E-state index in [1.807, 2.05) is 46.7 Å². The highest BCUT2D eigenvalue weighted by Crippen LogP contribution is 2.28. The van der Waals surface area contributed by atoms with E-state index in [4.69, 9.17) is 16.1 Å². The molecule has 7 heteroatoms. The van der Waals surface area contributed by atoms with Crippen LogP contribution in [0.4, 0.5) is 0 Å². The predicted molar refractivity (Wildman–Crippen MR) is 101 cm³/mol. The van der Waals surface area contributed by atoms with Gasteiger partial charge in [-0.1, -0.05) is 35.0 Å². The highest BCUT2D eigenvalue weighted by molar-refractivity contribution is 7.10. The monoisotopic (exact) mass is 387 g/mol. The zero-order chi connectivity index (χ0) is 17.9. The Labute approximate surface area is 160 Å². The summed E-state index contributed by atoms with van der Waals surface area (Å²) in [6, 6.07) is 11.4. The van der Waals surface area contributed by atoms with Crippen molar-refractivity contribution in [3.05, 3.63) is 57.6 Å². The Hall–Kier alpha value is -2.18. The van der Waals surface area contributed by atoms with Crippen LogP contribution in [0.15, 0.2) is 46.3 Å². The van der Waals surface area contributed by atoms with E-state index in [1.54, 1.807) is 11.3 Å². The summed E-state index contributed by atoms with van der Waals surface area (Å²) in [4.78, 5) is 20.1. The van der Waals surface area contributed by atoms with E-state index in [0.717, 1.165) is 29.8 Å². The molecule has 1 aliphatic heterocycles. The normalized spacial score (nSPS) is 17.4. The number of nitrogens with zero attached hydrogens (tertiary/aromatic N) is 3. The minimum Gasteiger partial charge on any atom is -0.342 e. The lowest BCUT2D eigenvalue weighted by molar-refractivity contribution is -0.131. The number of aromatic nitrogens is 2. The Morgan fingerprint density at radius 1 is 1.35 bits per heavy atom. The molecular formula is C19H18ClN3O2S. The van der Waals surface area contributed by atoms with E-state index < -0.39 is 0 Å². The molecule has 0 aliphatic carbocycles. The summed E-state index contributed by atoms with van der Waals surface area (Å²) >= 11 is 7.65. The van der Waals surface area contributed by atoms with Gasteiger partial charge in [-0.15, -0.1) is 11.3 Å². The van der Waals surface area contributed by atoms with E-state index in [2.05, 4.69) is 10.1 Å². The fourth-order valence-electron chi connectivity index (χ4n) is 3.23. The van der Waals surface area contributed by atoms with Crippen LogP contribution < -0.4 is 0 Å². The van der Waals surface area contributed by atoms with E-state index in [1.165, 1.54) is 0 Å². The molecule has 0 N–H and O–H groups in total. The molecular weight excluding hydrogens is 370 g/mol. The molecule has 3 aromatic rings. The van der Waals surface area contributed by atoms with Crippen LogP contribution in [-0.2, 0) is 11.2 Å². The van der Waals surface area contributed by atoms with Gasteiger partial charge in [0, 0.05) is 28.6 Å². The topological polar surface area (TPSA) is 59.2 Å². The Kier molecular flexibility index (Phi) is 5.04. The predicted octanol–water partition coefficient (Wildman–Crippen LogP) is 4.40.